The largest absolute Gasteiger partial charge is 0.455 e. The van der Waals surface area contributed by atoms with Gasteiger partial charge in [-0.2, -0.15) is 0 Å². The third-order valence-corrected chi connectivity index (χ3v) is 7.05. The topological polar surface area (TPSA) is 128 Å². The second-order valence-electron chi connectivity index (χ2n) is 9.53. The van der Waals surface area contributed by atoms with E-state index in [1.807, 2.05) is 0 Å². The number of hydrogen-bond acceptors (Lipinski definition) is 6. The van der Waals surface area contributed by atoms with Crippen molar-refractivity contribution in [2.75, 3.05) is 11.9 Å². The fourth-order valence-electron chi connectivity index (χ4n) is 6.45. The normalized spacial score (nSPS) is 30.5. The van der Waals surface area contributed by atoms with Crippen molar-refractivity contribution in [2.24, 2.45) is 17.3 Å². The average Bonchev–Trinajstić information content (AvgIpc) is 2.65. The minimum absolute atomic E-state index is 0.0860. The Balaban J connectivity index is 1.41. The van der Waals surface area contributed by atoms with Gasteiger partial charge in [0.05, 0.1) is 21.6 Å². The highest BCUT2D eigenvalue weighted by Crippen LogP contribution is 2.62. The number of rotatable bonds is 6. The summed E-state index contributed by atoms with van der Waals surface area (Å²) < 4.78 is 5.43. The van der Waals surface area contributed by atoms with Gasteiger partial charge in [0.25, 0.3) is 11.6 Å². The summed E-state index contributed by atoms with van der Waals surface area (Å²) in [5.41, 5.74) is -0.447. The zero-order valence-corrected chi connectivity index (χ0v) is 17.7. The van der Waals surface area contributed by atoms with E-state index in [0.717, 1.165) is 32.1 Å². The Morgan fingerprint density at radius 3 is 2.48 bits per heavy atom. The van der Waals surface area contributed by atoms with Crippen LogP contribution in [-0.4, -0.2) is 34.9 Å². The molecule has 0 aromatic heterocycles. The number of esters is 1. The zero-order chi connectivity index (χ0) is 22.4. The van der Waals surface area contributed by atoms with Crippen LogP contribution in [0.15, 0.2) is 18.2 Å². The number of ether oxygens (including phenoxy) is 1. The molecule has 2 amide bonds. The molecule has 166 valence electrons. The first kappa shape index (κ1) is 21.3. The summed E-state index contributed by atoms with van der Waals surface area (Å²) in [6, 6.07) is 4.42. The third-order valence-electron chi connectivity index (χ3n) is 7.05. The number of hydrogen-bond donors (Lipinski definition) is 2. The molecule has 0 heterocycles. The van der Waals surface area contributed by atoms with Crippen LogP contribution in [-0.2, 0) is 19.1 Å². The number of nitro benzene ring substituents is 1. The number of nitrogens with one attached hydrogen (secondary N) is 2. The Bertz CT molecular complexity index is 945. The molecule has 4 bridgehead atoms. The van der Waals surface area contributed by atoms with Crippen molar-refractivity contribution in [1.29, 1.82) is 0 Å². The number of nitrogens with zero attached hydrogens (tertiary/aromatic N) is 1. The SMILES string of the molecule is CC(=O)NC12C[C@H]3C[C@@H](C1)CC(C(=O)OCC(=O)Nc1cccc([N+](=O)[O-])c1C)(C3)C2. The van der Waals surface area contributed by atoms with E-state index < -0.39 is 22.9 Å². The van der Waals surface area contributed by atoms with Crippen molar-refractivity contribution in [2.45, 2.75) is 57.9 Å². The Morgan fingerprint density at radius 2 is 1.87 bits per heavy atom. The molecule has 4 saturated carbocycles. The lowest BCUT2D eigenvalue weighted by Crippen LogP contribution is -2.64. The standard InChI is InChI=1S/C22H27N3O6/c1-13-17(4-3-5-18(13)25(29)30)23-19(27)11-31-20(28)21-7-15-6-16(8-21)10-22(9-15,12-21)24-14(2)26/h3-5,15-16H,6-12H2,1-2H3,(H,23,27)(H,24,26)/t15-,16+,21?,22?. The molecule has 2 unspecified atom stereocenters. The Morgan fingerprint density at radius 1 is 1.19 bits per heavy atom. The molecule has 0 radical (unpaired) electrons. The lowest BCUT2D eigenvalue weighted by molar-refractivity contribution is -0.385. The molecule has 0 aliphatic heterocycles. The molecule has 31 heavy (non-hydrogen) atoms. The maximum atomic E-state index is 13.1. The fourth-order valence-corrected chi connectivity index (χ4v) is 6.45. The van der Waals surface area contributed by atoms with E-state index in [4.69, 9.17) is 4.74 Å². The number of benzene rings is 1. The summed E-state index contributed by atoms with van der Waals surface area (Å²) in [7, 11) is 0. The molecule has 4 aliphatic rings. The molecule has 1 aromatic rings. The zero-order valence-electron chi connectivity index (χ0n) is 17.7. The lowest BCUT2D eigenvalue weighted by atomic mass is 9.47. The van der Waals surface area contributed by atoms with Crippen LogP contribution in [0.5, 0.6) is 0 Å². The maximum absolute atomic E-state index is 13.1. The van der Waals surface area contributed by atoms with Crippen LogP contribution >= 0.6 is 0 Å². The van der Waals surface area contributed by atoms with Gasteiger partial charge in [-0.3, -0.25) is 24.5 Å². The minimum Gasteiger partial charge on any atom is -0.455 e. The van der Waals surface area contributed by atoms with Crippen molar-refractivity contribution in [3.8, 4) is 0 Å². The summed E-state index contributed by atoms with van der Waals surface area (Å²) in [5, 5.41) is 16.8. The lowest BCUT2D eigenvalue weighted by Gasteiger charge is -2.60. The highest BCUT2D eigenvalue weighted by molar-refractivity contribution is 5.94. The van der Waals surface area contributed by atoms with Gasteiger partial charge in [0.1, 0.15) is 0 Å². The van der Waals surface area contributed by atoms with Crippen LogP contribution in [0.4, 0.5) is 11.4 Å². The number of anilines is 1. The molecule has 4 atom stereocenters. The van der Waals surface area contributed by atoms with Crippen molar-refractivity contribution < 1.29 is 24.0 Å². The highest BCUT2D eigenvalue weighted by Gasteiger charge is 2.61. The fraction of sp³-hybridized carbons (Fsp3) is 0.591. The van der Waals surface area contributed by atoms with E-state index in [9.17, 15) is 24.5 Å². The van der Waals surface area contributed by atoms with Crippen molar-refractivity contribution in [3.05, 3.63) is 33.9 Å². The van der Waals surface area contributed by atoms with Gasteiger partial charge in [0, 0.05) is 18.5 Å². The molecule has 9 heteroatoms. The summed E-state index contributed by atoms with van der Waals surface area (Å²) in [5.74, 6) is -0.262. The van der Waals surface area contributed by atoms with Crippen LogP contribution in [0.25, 0.3) is 0 Å². The van der Waals surface area contributed by atoms with Crippen LogP contribution in [0.1, 0.15) is 51.0 Å². The number of amides is 2. The first-order chi connectivity index (χ1) is 14.6. The third kappa shape index (κ3) is 4.00. The van der Waals surface area contributed by atoms with E-state index >= 15 is 0 Å². The smallest absolute Gasteiger partial charge is 0.312 e. The van der Waals surface area contributed by atoms with Crippen molar-refractivity contribution in [1.82, 2.24) is 5.32 Å². The molecular formula is C22H27N3O6. The van der Waals surface area contributed by atoms with Crippen molar-refractivity contribution >= 4 is 29.2 Å². The summed E-state index contributed by atoms with van der Waals surface area (Å²) in [4.78, 5) is 47.8. The van der Waals surface area contributed by atoms with E-state index in [2.05, 4.69) is 10.6 Å². The predicted molar refractivity (Wildman–Crippen MR) is 111 cm³/mol. The number of carbonyl (C=O) groups excluding carboxylic acids is 3. The number of nitro groups is 1. The van der Waals surface area contributed by atoms with Gasteiger partial charge in [-0.15, -0.1) is 0 Å². The van der Waals surface area contributed by atoms with E-state index in [-0.39, 0.29) is 23.1 Å². The Hall–Kier alpha value is -2.97. The molecule has 2 N–H and O–H groups in total. The molecule has 5 rings (SSSR count). The Kier molecular flexibility index (Phi) is 5.23. The molecule has 0 saturated heterocycles. The van der Waals surface area contributed by atoms with Crippen LogP contribution in [0.3, 0.4) is 0 Å². The first-order valence-electron chi connectivity index (χ1n) is 10.6. The maximum Gasteiger partial charge on any atom is 0.312 e. The van der Waals surface area contributed by atoms with E-state index in [1.54, 1.807) is 13.0 Å². The average molecular weight is 429 g/mol. The summed E-state index contributed by atoms with van der Waals surface area (Å²) in [6.45, 7) is 2.60. The van der Waals surface area contributed by atoms with Gasteiger partial charge in [-0.25, -0.2) is 0 Å². The monoisotopic (exact) mass is 429 g/mol. The van der Waals surface area contributed by atoms with Gasteiger partial charge in [-0.1, -0.05) is 6.07 Å². The van der Waals surface area contributed by atoms with Crippen LogP contribution < -0.4 is 10.6 Å². The predicted octanol–water partition coefficient (Wildman–Crippen LogP) is 2.86. The number of carbonyl (C=O) groups is 3. The minimum atomic E-state index is -0.658. The molecule has 0 spiro atoms. The quantitative estimate of drug-likeness (QED) is 0.407. The van der Waals surface area contributed by atoms with E-state index in [1.165, 1.54) is 19.1 Å². The first-order valence-corrected chi connectivity index (χ1v) is 10.6. The van der Waals surface area contributed by atoms with Gasteiger partial charge in [0.15, 0.2) is 6.61 Å². The van der Waals surface area contributed by atoms with Gasteiger partial charge in [0.2, 0.25) is 5.91 Å². The van der Waals surface area contributed by atoms with Gasteiger partial charge >= 0.3 is 5.97 Å². The molecule has 9 nitrogen and oxygen atoms in total. The van der Waals surface area contributed by atoms with Crippen LogP contribution in [0, 0.1) is 34.3 Å². The van der Waals surface area contributed by atoms with Crippen LogP contribution in [0.2, 0.25) is 0 Å². The van der Waals surface area contributed by atoms with Gasteiger partial charge in [-0.05, 0) is 63.4 Å². The van der Waals surface area contributed by atoms with E-state index in [0.29, 0.717) is 29.5 Å². The summed E-state index contributed by atoms with van der Waals surface area (Å²) in [6.07, 6.45) is 4.87. The van der Waals surface area contributed by atoms with Gasteiger partial charge < -0.3 is 15.4 Å². The second-order valence-corrected chi connectivity index (χ2v) is 9.53. The highest BCUT2D eigenvalue weighted by atomic mass is 16.6. The molecular weight excluding hydrogens is 402 g/mol. The molecule has 4 fully saturated rings. The molecule has 1 aromatic carbocycles. The molecule has 4 aliphatic carbocycles. The Labute approximate surface area is 180 Å². The summed E-state index contributed by atoms with van der Waals surface area (Å²) >= 11 is 0. The second kappa shape index (κ2) is 7.62. The van der Waals surface area contributed by atoms with Crippen molar-refractivity contribution in [3.63, 3.8) is 0 Å².